The van der Waals surface area contributed by atoms with Crippen LogP contribution in [0.15, 0.2) is 12.4 Å². The van der Waals surface area contributed by atoms with Crippen molar-refractivity contribution in [2.45, 2.75) is 32.2 Å². The highest BCUT2D eigenvalue weighted by molar-refractivity contribution is 5.92. The lowest BCUT2D eigenvalue weighted by atomic mass is 9.81. The second-order valence-corrected chi connectivity index (χ2v) is 5.34. The van der Waals surface area contributed by atoms with Crippen molar-refractivity contribution < 1.29 is 9.59 Å². The summed E-state index contributed by atoms with van der Waals surface area (Å²) in [5, 5.41) is 6.80. The molecule has 0 saturated heterocycles. The van der Waals surface area contributed by atoms with Crippen LogP contribution in [-0.4, -0.2) is 28.1 Å². The monoisotopic (exact) mass is 279 g/mol. The molecule has 110 valence electrons. The van der Waals surface area contributed by atoms with Crippen molar-refractivity contribution in [3.05, 3.63) is 12.4 Å². The number of rotatable bonds is 5. The van der Waals surface area contributed by atoms with Gasteiger partial charge in [-0.15, -0.1) is 0 Å². The van der Waals surface area contributed by atoms with Crippen LogP contribution in [-0.2, 0) is 16.1 Å². The van der Waals surface area contributed by atoms with Gasteiger partial charge in [-0.2, -0.15) is 5.10 Å². The average Bonchev–Trinajstić information content (AvgIpc) is 2.85. The lowest BCUT2D eigenvalue weighted by Gasteiger charge is -2.26. The Balaban J connectivity index is 1.85. The highest BCUT2D eigenvalue weighted by Gasteiger charge is 2.25. The van der Waals surface area contributed by atoms with E-state index in [1.165, 1.54) is 10.9 Å². The molecule has 1 aromatic rings. The molecule has 5 N–H and O–H groups in total. The Labute approximate surface area is 117 Å². The van der Waals surface area contributed by atoms with E-state index in [2.05, 4.69) is 10.4 Å². The minimum atomic E-state index is -0.467. The van der Waals surface area contributed by atoms with Crippen molar-refractivity contribution in [3.8, 4) is 0 Å². The number of primary amides is 1. The molecule has 2 amide bonds. The van der Waals surface area contributed by atoms with Crippen LogP contribution in [0.5, 0.6) is 0 Å². The van der Waals surface area contributed by atoms with Crippen molar-refractivity contribution in [1.29, 1.82) is 0 Å². The van der Waals surface area contributed by atoms with Crippen LogP contribution in [0.4, 0.5) is 5.69 Å². The molecule has 1 aliphatic carbocycles. The Morgan fingerprint density at radius 3 is 2.65 bits per heavy atom. The first-order valence-electron chi connectivity index (χ1n) is 6.90. The van der Waals surface area contributed by atoms with E-state index in [4.69, 9.17) is 11.5 Å². The molecule has 7 heteroatoms. The third-order valence-corrected chi connectivity index (χ3v) is 3.77. The summed E-state index contributed by atoms with van der Waals surface area (Å²) >= 11 is 0. The maximum absolute atomic E-state index is 12.1. The highest BCUT2D eigenvalue weighted by atomic mass is 16.2. The molecule has 0 atom stereocenters. The van der Waals surface area contributed by atoms with E-state index in [1.807, 2.05) is 0 Å². The lowest BCUT2D eigenvalue weighted by molar-refractivity contribution is -0.121. The van der Waals surface area contributed by atoms with Crippen LogP contribution in [0.25, 0.3) is 0 Å². The van der Waals surface area contributed by atoms with Crippen molar-refractivity contribution in [2.75, 3.05) is 11.9 Å². The topological polar surface area (TPSA) is 116 Å². The zero-order valence-electron chi connectivity index (χ0n) is 11.4. The average molecular weight is 279 g/mol. The Hall–Kier alpha value is -1.89. The molecule has 1 fully saturated rings. The first kappa shape index (κ1) is 14.5. The number of carbonyl (C=O) groups excluding carboxylic acids is 2. The van der Waals surface area contributed by atoms with E-state index < -0.39 is 5.91 Å². The molecule has 0 aromatic carbocycles. The number of aromatic nitrogens is 2. The van der Waals surface area contributed by atoms with Gasteiger partial charge in [-0.25, -0.2) is 0 Å². The Bertz CT molecular complexity index is 477. The van der Waals surface area contributed by atoms with Gasteiger partial charge < -0.3 is 16.8 Å². The summed E-state index contributed by atoms with van der Waals surface area (Å²) in [6, 6.07) is 0. The van der Waals surface area contributed by atoms with E-state index in [0.717, 1.165) is 25.7 Å². The molecule has 0 bridgehead atoms. The molecule has 0 aliphatic heterocycles. The fourth-order valence-corrected chi connectivity index (χ4v) is 2.58. The van der Waals surface area contributed by atoms with E-state index in [9.17, 15) is 9.59 Å². The maximum Gasteiger partial charge on any atom is 0.239 e. The van der Waals surface area contributed by atoms with Gasteiger partial charge in [0, 0.05) is 12.1 Å². The van der Waals surface area contributed by atoms with Gasteiger partial charge in [0.05, 0.1) is 11.9 Å². The highest BCUT2D eigenvalue weighted by Crippen LogP contribution is 2.28. The van der Waals surface area contributed by atoms with Crippen LogP contribution < -0.4 is 16.8 Å². The van der Waals surface area contributed by atoms with E-state index >= 15 is 0 Å². The Morgan fingerprint density at radius 2 is 2.05 bits per heavy atom. The number of amides is 2. The molecule has 1 saturated carbocycles. The van der Waals surface area contributed by atoms with Crippen LogP contribution in [0, 0.1) is 11.8 Å². The van der Waals surface area contributed by atoms with Crippen molar-refractivity contribution in [1.82, 2.24) is 9.78 Å². The second kappa shape index (κ2) is 6.51. The smallest absolute Gasteiger partial charge is 0.239 e. The van der Waals surface area contributed by atoms with Crippen LogP contribution >= 0.6 is 0 Å². The van der Waals surface area contributed by atoms with Gasteiger partial charge in [-0.05, 0) is 38.1 Å². The summed E-state index contributed by atoms with van der Waals surface area (Å²) in [6.45, 7) is 0.714. The number of hydrogen-bond donors (Lipinski definition) is 3. The standard InChI is InChI=1S/C13H21N5O2/c14-5-9-1-3-10(4-2-9)13(20)17-11-6-16-18(7-11)8-12(15)19/h6-7,9-10H,1-5,8,14H2,(H2,15,19)(H,17,20). The van der Waals surface area contributed by atoms with Gasteiger partial charge in [-0.1, -0.05) is 0 Å². The molecule has 20 heavy (non-hydrogen) atoms. The van der Waals surface area contributed by atoms with Gasteiger partial charge in [0.1, 0.15) is 6.54 Å². The van der Waals surface area contributed by atoms with Crippen LogP contribution in [0.3, 0.4) is 0 Å². The molecule has 1 aromatic heterocycles. The van der Waals surface area contributed by atoms with Gasteiger partial charge in [0.15, 0.2) is 0 Å². The zero-order valence-corrected chi connectivity index (χ0v) is 11.4. The summed E-state index contributed by atoms with van der Waals surface area (Å²) in [7, 11) is 0. The van der Waals surface area contributed by atoms with E-state index in [-0.39, 0.29) is 18.4 Å². The molecule has 1 aliphatic rings. The third-order valence-electron chi connectivity index (χ3n) is 3.77. The molecule has 1 heterocycles. The number of nitrogens with two attached hydrogens (primary N) is 2. The minimum absolute atomic E-state index is 0.0114. The second-order valence-electron chi connectivity index (χ2n) is 5.34. The predicted molar refractivity (Wildman–Crippen MR) is 74.6 cm³/mol. The lowest BCUT2D eigenvalue weighted by Crippen LogP contribution is -2.29. The summed E-state index contributed by atoms with van der Waals surface area (Å²) in [4.78, 5) is 22.9. The van der Waals surface area contributed by atoms with E-state index in [0.29, 0.717) is 18.2 Å². The van der Waals surface area contributed by atoms with Gasteiger partial charge in [0.25, 0.3) is 0 Å². The minimum Gasteiger partial charge on any atom is -0.368 e. The molecule has 7 nitrogen and oxygen atoms in total. The number of carbonyl (C=O) groups is 2. The van der Waals surface area contributed by atoms with Crippen molar-refractivity contribution >= 4 is 17.5 Å². The zero-order chi connectivity index (χ0) is 14.5. The normalized spacial score (nSPS) is 22.4. The summed E-state index contributed by atoms with van der Waals surface area (Å²) in [6.07, 6.45) is 6.90. The number of nitrogens with zero attached hydrogens (tertiary/aromatic N) is 2. The SMILES string of the molecule is NCC1CCC(C(=O)Nc2cnn(CC(N)=O)c2)CC1. The van der Waals surface area contributed by atoms with Gasteiger partial charge >= 0.3 is 0 Å². The summed E-state index contributed by atoms with van der Waals surface area (Å²) in [5.74, 6) is 0.139. The maximum atomic E-state index is 12.1. The quantitative estimate of drug-likeness (QED) is 0.707. The largest absolute Gasteiger partial charge is 0.368 e. The van der Waals surface area contributed by atoms with Crippen LogP contribution in [0.1, 0.15) is 25.7 Å². The number of hydrogen-bond acceptors (Lipinski definition) is 4. The molecular weight excluding hydrogens is 258 g/mol. The van der Waals surface area contributed by atoms with Crippen LogP contribution in [0.2, 0.25) is 0 Å². The van der Waals surface area contributed by atoms with Gasteiger partial charge in [0.2, 0.25) is 11.8 Å². The van der Waals surface area contributed by atoms with E-state index in [1.54, 1.807) is 6.20 Å². The molecule has 0 spiro atoms. The third kappa shape index (κ3) is 3.80. The fourth-order valence-electron chi connectivity index (χ4n) is 2.58. The summed E-state index contributed by atoms with van der Waals surface area (Å²) in [5.41, 5.74) is 11.3. The van der Waals surface area contributed by atoms with Crippen molar-refractivity contribution in [2.24, 2.45) is 23.3 Å². The first-order valence-corrected chi connectivity index (χ1v) is 6.90. The number of anilines is 1. The van der Waals surface area contributed by atoms with Gasteiger partial charge in [-0.3, -0.25) is 14.3 Å². The Kier molecular flexibility index (Phi) is 4.73. The van der Waals surface area contributed by atoms with Crippen molar-refractivity contribution in [3.63, 3.8) is 0 Å². The predicted octanol–water partition coefficient (Wildman–Crippen LogP) is 0.0720. The first-order chi connectivity index (χ1) is 9.58. The summed E-state index contributed by atoms with van der Waals surface area (Å²) < 4.78 is 1.41. The number of nitrogens with one attached hydrogen (secondary N) is 1. The molecule has 0 unspecified atom stereocenters. The fraction of sp³-hybridized carbons (Fsp3) is 0.615. The molecule has 2 rings (SSSR count). The molecular formula is C13H21N5O2. The molecule has 0 radical (unpaired) electrons. The Morgan fingerprint density at radius 1 is 1.35 bits per heavy atom.